The number of hydrogen-bond acceptors (Lipinski definition) is 6. The molecule has 0 aliphatic carbocycles. The van der Waals surface area contributed by atoms with Gasteiger partial charge in [0.1, 0.15) is 25.1 Å². The summed E-state index contributed by atoms with van der Waals surface area (Å²) in [6.45, 7) is 3.34. The predicted molar refractivity (Wildman–Crippen MR) is 112 cm³/mol. The van der Waals surface area contributed by atoms with Crippen molar-refractivity contribution in [2.75, 3.05) is 13.2 Å². The van der Waals surface area contributed by atoms with E-state index in [1.165, 1.54) is 4.68 Å². The normalized spacial score (nSPS) is 14.1. The van der Waals surface area contributed by atoms with Crippen LogP contribution in [0.4, 0.5) is 0 Å². The van der Waals surface area contributed by atoms with E-state index >= 15 is 0 Å². The summed E-state index contributed by atoms with van der Waals surface area (Å²) in [6.07, 6.45) is 3.96. The van der Waals surface area contributed by atoms with E-state index in [9.17, 15) is 9.59 Å². The van der Waals surface area contributed by atoms with Crippen LogP contribution in [0.3, 0.4) is 0 Å². The Morgan fingerprint density at radius 3 is 2.87 bits per heavy atom. The Morgan fingerprint density at radius 2 is 2.00 bits per heavy atom. The summed E-state index contributed by atoms with van der Waals surface area (Å²) in [4.78, 5) is 25.1. The maximum Gasteiger partial charge on any atom is 0.291 e. The molecule has 9 heteroatoms. The molecule has 0 fully saturated rings. The molecule has 9 nitrogen and oxygen atoms in total. The lowest BCUT2D eigenvalue weighted by Crippen LogP contribution is -2.28. The topological polar surface area (TPSA) is 100 Å². The minimum Gasteiger partial charge on any atom is -0.486 e. The van der Waals surface area contributed by atoms with Gasteiger partial charge in [0.05, 0.1) is 17.8 Å². The number of nitrogens with one attached hydrogen (secondary N) is 1. The van der Waals surface area contributed by atoms with Crippen molar-refractivity contribution in [1.29, 1.82) is 0 Å². The first-order valence-corrected chi connectivity index (χ1v) is 10.2. The molecule has 4 heterocycles. The molecule has 1 aromatic carbocycles. The van der Waals surface area contributed by atoms with Crippen molar-refractivity contribution in [3.8, 4) is 11.5 Å². The molecular formula is C22H22N4O5. The van der Waals surface area contributed by atoms with Crippen LogP contribution in [0.25, 0.3) is 16.6 Å². The minimum atomic E-state index is -0.209. The number of aromatic nitrogens is 3. The van der Waals surface area contributed by atoms with E-state index in [0.29, 0.717) is 43.0 Å². The van der Waals surface area contributed by atoms with Crippen molar-refractivity contribution < 1.29 is 18.7 Å². The molecule has 0 saturated carbocycles. The minimum absolute atomic E-state index is 0.0864. The largest absolute Gasteiger partial charge is 0.486 e. The van der Waals surface area contributed by atoms with Gasteiger partial charge >= 0.3 is 0 Å². The van der Waals surface area contributed by atoms with Crippen molar-refractivity contribution in [1.82, 2.24) is 19.5 Å². The smallest absolute Gasteiger partial charge is 0.291 e. The number of aryl methyl sites for hydroxylation is 1. The molecule has 1 unspecified atom stereocenters. The molecule has 31 heavy (non-hydrogen) atoms. The summed E-state index contributed by atoms with van der Waals surface area (Å²) in [7, 11) is 0. The maximum absolute atomic E-state index is 12.7. The number of benzene rings is 1. The summed E-state index contributed by atoms with van der Waals surface area (Å²) < 4.78 is 19.6. The average molecular weight is 422 g/mol. The Labute approximate surface area is 177 Å². The first kappa shape index (κ1) is 19.2. The number of furan rings is 1. The van der Waals surface area contributed by atoms with Gasteiger partial charge in [-0.3, -0.25) is 14.0 Å². The molecule has 1 amide bonds. The summed E-state index contributed by atoms with van der Waals surface area (Å²) in [5.74, 6) is 1.33. The third kappa shape index (κ3) is 3.63. The van der Waals surface area contributed by atoms with Gasteiger partial charge in [-0.05, 0) is 31.0 Å². The van der Waals surface area contributed by atoms with Gasteiger partial charge in [0.25, 0.3) is 5.56 Å². The van der Waals surface area contributed by atoms with E-state index in [1.807, 2.05) is 25.1 Å². The lowest BCUT2D eigenvalue weighted by atomic mass is 10.1. The van der Waals surface area contributed by atoms with E-state index in [-0.39, 0.29) is 23.9 Å². The highest BCUT2D eigenvalue weighted by atomic mass is 16.6. The predicted octanol–water partition coefficient (Wildman–Crippen LogP) is 2.67. The number of nitrogens with zero attached hydrogens (tertiary/aromatic N) is 3. The van der Waals surface area contributed by atoms with Gasteiger partial charge in [-0.15, -0.1) is 0 Å². The average Bonchev–Trinajstić information content (AvgIpc) is 3.37. The second kappa shape index (κ2) is 7.82. The molecule has 1 aliphatic heterocycles. The molecule has 160 valence electrons. The molecule has 0 bridgehead atoms. The van der Waals surface area contributed by atoms with E-state index in [4.69, 9.17) is 13.9 Å². The number of ether oxygens (including phenoxy) is 2. The summed E-state index contributed by atoms with van der Waals surface area (Å²) in [5, 5.41) is 7.21. The Bertz CT molecular complexity index is 1320. The van der Waals surface area contributed by atoms with Crippen LogP contribution in [0, 0.1) is 0 Å². The SMILES string of the molecule is CC(NC(=O)CCCn1ncn2c(cc3occc32)c1=O)c1ccc2c(c1)OCCO2. The molecule has 0 saturated heterocycles. The molecule has 1 aliphatic rings. The second-order valence-electron chi connectivity index (χ2n) is 7.52. The molecule has 0 spiro atoms. The van der Waals surface area contributed by atoms with Gasteiger partial charge in [0.15, 0.2) is 17.1 Å². The lowest BCUT2D eigenvalue weighted by molar-refractivity contribution is -0.121. The monoisotopic (exact) mass is 422 g/mol. The highest BCUT2D eigenvalue weighted by Crippen LogP contribution is 2.32. The highest BCUT2D eigenvalue weighted by Gasteiger charge is 2.16. The van der Waals surface area contributed by atoms with Crippen LogP contribution in [0.2, 0.25) is 0 Å². The van der Waals surface area contributed by atoms with Gasteiger partial charge < -0.3 is 19.2 Å². The van der Waals surface area contributed by atoms with Crippen molar-refractivity contribution in [2.24, 2.45) is 0 Å². The fourth-order valence-electron chi connectivity index (χ4n) is 3.81. The fourth-order valence-corrected chi connectivity index (χ4v) is 3.81. The van der Waals surface area contributed by atoms with Gasteiger partial charge in [-0.1, -0.05) is 6.07 Å². The van der Waals surface area contributed by atoms with Gasteiger partial charge in [0, 0.05) is 25.1 Å². The number of carbonyl (C=O) groups is 1. The number of carbonyl (C=O) groups excluding carboxylic acids is 1. The summed E-state index contributed by atoms with van der Waals surface area (Å²) >= 11 is 0. The van der Waals surface area contributed by atoms with E-state index in [2.05, 4.69) is 10.4 Å². The molecule has 4 aromatic rings. The Balaban J connectivity index is 1.19. The first-order chi connectivity index (χ1) is 15.1. The zero-order chi connectivity index (χ0) is 21.4. The second-order valence-corrected chi connectivity index (χ2v) is 7.52. The van der Waals surface area contributed by atoms with Crippen LogP contribution < -0.4 is 20.3 Å². The first-order valence-electron chi connectivity index (χ1n) is 10.2. The molecule has 3 aromatic heterocycles. The van der Waals surface area contributed by atoms with Crippen molar-refractivity contribution in [3.05, 3.63) is 58.8 Å². The standard InChI is InChI=1S/C22H22N4O5/c1-14(15-4-5-18-20(11-15)31-10-9-30-18)24-21(27)3-2-7-26-22(28)17-12-19-16(6-8-29-19)25(17)13-23-26/h4-6,8,11-14H,2-3,7,9-10H2,1H3,(H,24,27). The zero-order valence-corrected chi connectivity index (χ0v) is 17.0. The van der Waals surface area contributed by atoms with E-state index in [1.54, 1.807) is 29.1 Å². The number of rotatable bonds is 6. The molecular weight excluding hydrogens is 400 g/mol. The van der Waals surface area contributed by atoms with Gasteiger partial charge in [-0.2, -0.15) is 5.10 Å². The van der Waals surface area contributed by atoms with Crippen LogP contribution in [-0.2, 0) is 11.3 Å². The van der Waals surface area contributed by atoms with Gasteiger partial charge in [0.2, 0.25) is 5.91 Å². The van der Waals surface area contributed by atoms with Gasteiger partial charge in [-0.25, -0.2) is 4.68 Å². The van der Waals surface area contributed by atoms with Crippen LogP contribution in [0.1, 0.15) is 31.4 Å². The molecule has 0 radical (unpaired) electrons. The van der Waals surface area contributed by atoms with Crippen molar-refractivity contribution in [2.45, 2.75) is 32.4 Å². The summed E-state index contributed by atoms with van der Waals surface area (Å²) in [5.41, 5.74) is 2.68. The highest BCUT2D eigenvalue weighted by molar-refractivity contribution is 5.81. The number of amides is 1. The third-order valence-electron chi connectivity index (χ3n) is 5.44. The quantitative estimate of drug-likeness (QED) is 0.513. The zero-order valence-electron chi connectivity index (χ0n) is 17.0. The molecule has 1 atom stereocenters. The number of hydrogen-bond donors (Lipinski definition) is 1. The third-order valence-corrected chi connectivity index (χ3v) is 5.44. The molecule has 1 N–H and O–H groups in total. The van der Waals surface area contributed by atoms with Crippen molar-refractivity contribution in [3.63, 3.8) is 0 Å². The Morgan fingerprint density at radius 1 is 1.16 bits per heavy atom. The van der Waals surface area contributed by atoms with Crippen LogP contribution in [0.5, 0.6) is 11.5 Å². The number of fused-ring (bicyclic) bond motifs is 4. The lowest BCUT2D eigenvalue weighted by Gasteiger charge is -2.21. The van der Waals surface area contributed by atoms with Crippen molar-refractivity contribution >= 4 is 22.5 Å². The fraction of sp³-hybridized carbons (Fsp3) is 0.318. The van der Waals surface area contributed by atoms with E-state index < -0.39 is 0 Å². The Hall–Kier alpha value is -3.75. The van der Waals surface area contributed by atoms with Crippen LogP contribution >= 0.6 is 0 Å². The molecule has 5 rings (SSSR count). The Kier molecular flexibility index (Phi) is 4.85. The van der Waals surface area contributed by atoms with E-state index in [0.717, 1.165) is 16.8 Å². The van der Waals surface area contributed by atoms with Crippen LogP contribution in [0.15, 0.2) is 52.1 Å². The summed E-state index contributed by atoms with van der Waals surface area (Å²) in [6, 6.07) is 9.01. The maximum atomic E-state index is 12.7. The van der Waals surface area contributed by atoms with Crippen LogP contribution in [-0.4, -0.2) is 33.3 Å².